The van der Waals surface area contributed by atoms with Gasteiger partial charge in [0.2, 0.25) is 5.95 Å². The van der Waals surface area contributed by atoms with Gasteiger partial charge in [-0.1, -0.05) is 6.58 Å². The molecule has 5 heteroatoms. The van der Waals surface area contributed by atoms with Crippen molar-refractivity contribution in [3.8, 4) is 0 Å². The third-order valence-corrected chi connectivity index (χ3v) is 0.713. The van der Waals surface area contributed by atoms with Crippen LogP contribution in [0.15, 0.2) is 12.9 Å². The van der Waals surface area contributed by atoms with Crippen LogP contribution in [-0.2, 0) is 0 Å². The maximum Gasteiger partial charge on any atom is 0.239 e. The normalized spacial score (nSPS) is 8.00. The van der Waals surface area contributed by atoms with E-state index in [1.165, 1.54) is 17.2 Å². The van der Waals surface area contributed by atoms with E-state index in [1.807, 2.05) is 0 Å². The molecule has 4 N–H and O–H groups in total. The first-order chi connectivity index (χ1) is 3.83. The highest BCUT2D eigenvalue weighted by Crippen LogP contribution is 1.86. The summed E-state index contributed by atoms with van der Waals surface area (Å²) < 4.78 is 1.44. The molecule has 0 saturated carbocycles. The van der Waals surface area contributed by atoms with Crippen molar-refractivity contribution in [2.24, 2.45) is 0 Å². The monoisotopic (exact) mass is 128 g/mol. The van der Waals surface area contributed by atoms with E-state index in [-0.39, 0.29) is 11.4 Å². The van der Waals surface area contributed by atoms with Crippen molar-refractivity contribution >= 4 is 12.1 Å². The SMILES string of the molecule is C=Cn1cnc(N)n1.O. The molecule has 50 valence electrons. The minimum Gasteiger partial charge on any atom is -0.412 e. The summed E-state index contributed by atoms with van der Waals surface area (Å²) in [6.45, 7) is 3.45. The van der Waals surface area contributed by atoms with Gasteiger partial charge < -0.3 is 11.2 Å². The molecule has 0 atom stereocenters. The molecule has 0 aliphatic carbocycles. The summed E-state index contributed by atoms with van der Waals surface area (Å²) in [5.74, 6) is 0.268. The molecule has 0 fully saturated rings. The van der Waals surface area contributed by atoms with Crippen molar-refractivity contribution in [2.45, 2.75) is 0 Å². The van der Waals surface area contributed by atoms with E-state index in [0.29, 0.717) is 0 Å². The quantitative estimate of drug-likeness (QED) is 0.533. The molecule has 0 unspecified atom stereocenters. The van der Waals surface area contributed by atoms with E-state index in [9.17, 15) is 0 Å². The molecule has 1 aromatic heterocycles. The van der Waals surface area contributed by atoms with E-state index in [0.717, 1.165) is 0 Å². The molecule has 0 bridgehead atoms. The first-order valence-electron chi connectivity index (χ1n) is 2.12. The van der Waals surface area contributed by atoms with Gasteiger partial charge in [0.15, 0.2) is 0 Å². The average molecular weight is 128 g/mol. The molecule has 0 amide bonds. The number of anilines is 1. The van der Waals surface area contributed by atoms with Crippen LogP contribution in [0.2, 0.25) is 0 Å². The lowest BCUT2D eigenvalue weighted by Crippen LogP contribution is -1.89. The molecule has 0 spiro atoms. The molecule has 1 rings (SSSR count). The van der Waals surface area contributed by atoms with Gasteiger partial charge in [-0.05, 0) is 0 Å². The molecule has 0 radical (unpaired) electrons. The number of nitrogens with two attached hydrogens (primary N) is 1. The maximum atomic E-state index is 5.16. The van der Waals surface area contributed by atoms with Crippen LogP contribution < -0.4 is 5.73 Å². The van der Waals surface area contributed by atoms with Gasteiger partial charge >= 0.3 is 0 Å². The van der Waals surface area contributed by atoms with Crippen molar-refractivity contribution in [3.63, 3.8) is 0 Å². The van der Waals surface area contributed by atoms with Gasteiger partial charge in [0.1, 0.15) is 6.33 Å². The molecule has 1 aromatic rings. The molecule has 1 heterocycles. The number of hydrogen-bond donors (Lipinski definition) is 1. The molecule has 9 heavy (non-hydrogen) atoms. The van der Waals surface area contributed by atoms with E-state index < -0.39 is 0 Å². The lowest BCUT2D eigenvalue weighted by molar-refractivity contribution is 0.824. The van der Waals surface area contributed by atoms with Crippen LogP contribution >= 0.6 is 0 Å². The van der Waals surface area contributed by atoms with Crippen LogP contribution in [0.1, 0.15) is 0 Å². The summed E-state index contributed by atoms with van der Waals surface area (Å²) in [5.41, 5.74) is 5.16. The topological polar surface area (TPSA) is 88.2 Å². The van der Waals surface area contributed by atoms with Crippen LogP contribution in [0.4, 0.5) is 5.95 Å². The van der Waals surface area contributed by atoms with Crippen molar-refractivity contribution < 1.29 is 5.48 Å². The largest absolute Gasteiger partial charge is 0.412 e. The fourth-order valence-electron chi connectivity index (χ4n) is 0.376. The van der Waals surface area contributed by atoms with Crippen molar-refractivity contribution in [3.05, 3.63) is 12.9 Å². The minimum absolute atomic E-state index is 0. The highest BCUT2D eigenvalue weighted by molar-refractivity contribution is 5.18. The van der Waals surface area contributed by atoms with Gasteiger partial charge in [-0.15, -0.1) is 5.10 Å². The Morgan fingerprint density at radius 1 is 1.78 bits per heavy atom. The van der Waals surface area contributed by atoms with E-state index in [4.69, 9.17) is 5.73 Å². The fraction of sp³-hybridized carbons (Fsp3) is 0. The van der Waals surface area contributed by atoms with Crippen molar-refractivity contribution in [1.29, 1.82) is 0 Å². The Kier molecular flexibility index (Phi) is 2.40. The third kappa shape index (κ3) is 1.54. The molecule has 0 aliphatic heterocycles. The molecular formula is C4H8N4O. The molecule has 0 aromatic carbocycles. The lowest BCUT2D eigenvalue weighted by Gasteiger charge is -1.80. The van der Waals surface area contributed by atoms with Crippen LogP contribution in [0.3, 0.4) is 0 Å². The fourth-order valence-corrected chi connectivity index (χ4v) is 0.376. The van der Waals surface area contributed by atoms with E-state index >= 15 is 0 Å². The highest BCUT2D eigenvalue weighted by atomic mass is 16.0. The molecule has 0 aliphatic rings. The first-order valence-corrected chi connectivity index (χ1v) is 2.12. The number of aromatic nitrogens is 3. The zero-order chi connectivity index (χ0) is 5.98. The highest BCUT2D eigenvalue weighted by Gasteiger charge is 1.86. The Labute approximate surface area is 52.1 Å². The zero-order valence-corrected chi connectivity index (χ0v) is 4.78. The first kappa shape index (κ1) is 7.64. The zero-order valence-electron chi connectivity index (χ0n) is 4.78. The lowest BCUT2D eigenvalue weighted by atomic mass is 11.0. The second-order valence-electron chi connectivity index (χ2n) is 1.27. The standard InChI is InChI=1S/C4H6N4.H2O/c1-2-8-3-6-4(5)7-8;/h2-3H,1H2,(H2,5,7);1H2. The number of nitrogen functional groups attached to an aromatic ring is 1. The van der Waals surface area contributed by atoms with Gasteiger partial charge in [0.05, 0.1) is 0 Å². The summed E-state index contributed by atoms with van der Waals surface area (Å²) in [4.78, 5) is 3.65. The van der Waals surface area contributed by atoms with Crippen LogP contribution in [0.5, 0.6) is 0 Å². The predicted molar refractivity (Wildman–Crippen MR) is 34.4 cm³/mol. The smallest absolute Gasteiger partial charge is 0.239 e. The Bertz CT molecular complexity index is 194. The van der Waals surface area contributed by atoms with E-state index in [1.54, 1.807) is 0 Å². The number of hydrogen-bond acceptors (Lipinski definition) is 3. The summed E-state index contributed by atoms with van der Waals surface area (Å²) >= 11 is 0. The number of nitrogens with zero attached hydrogens (tertiary/aromatic N) is 3. The Morgan fingerprint density at radius 2 is 2.44 bits per heavy atom. The summed E-state index contributed by atoms with van der Waals surface area (Å²) in [5, 5.41) is 3.69. The van der Waals surface area contributed by atoms with Crippen molar-refractivity contribution in [2.75, 3.05) is 5.73 Å². The second-order valence-corrected chi connectivity index (χ2v) is 1.27. The second kappa shape index (κ2) is 2.83. The van der Waals surface area contributed by atoms with Gasteiger partial charge in [0.25, 0.3) is 0 Å². The number of rotatable bonds is 1. The van der Waals surface area contributed by atoms with Gasteiger partial charge in [-0.2, -0.15) is 0 Å². The Hall–Kier alpha value is -1.36. The molecular weight excluding hydrogens is 120 g/mol. The summed E-state index contributed by atoms with van der Waals surface area (Å²) in [6.07, 6.45) is 3.01. The molecule has 0 saturated heterocycles. The van der Waals surface area contributed by atoms with Crippen LogP contribution in [0, 0.1) is 0 Å². The van der Waals surface area contributed by atoms with Gasteiger partial charge in [-0.25, -0.2) is 9.67 Å². The third-order valence-electron chi connectivity index (χ3n) is 0.713. The Balaban J connectivity index is 0.000000640. The maximum absolute atomic E-state index is 5.16. The van der Waals surface area contributed by atoms with Crippen molar-refractivity contribution in [1.82, 2.24) is 14.8 Å². The van der Waals surface area contributed by atoms with Gasteiger partial charge in [-0.3, -0.25) is 0 Å². The predicted octanol–water partition coefficient (Wildman–Crippen LogP) is -0.864. The van der Waals surface area contributed by atoms with Gasteiger partial charge in [0, 0.05) is 6.20 Å². The minimum atomic E-state index is 0. The summed E-state index contributed by atoms with van der Waals surface area (Å²) in [6, 6.07) is 0. The van der Waals surface area contributed by atoms with Crippen LogP contribution in [-0.4, -0.2) is 20.2 Å². The summed E-state index contributed by atoms with van der Waals surface area (Å²) in [7, 11) is 0. The van der Waals surface area contributed by atoms with E-state index in [2.05, 4.69) is 16.7 Å². The Morgan fingerprint density at radius 3 is 2.67 bits per heavy atom. The average Bonchev–Trinajstić information content (AvgIpc) is 2.14. The molecule has 5 nitrogen and oxygen atoms in total. The van der Waals surface area contributed by atoms with Crippen LogP contribution in [0.25, 0.3) is 6.20 Å².